The molecule has 0 aliphatic heterocycles. The Morgan fingerprint density at radius 2 is 2.05 bits per heavy atom. The van der Waals surface area contributed by atoms with Crippen molar-refractivity contribution in [2.24, 2.45) is 5.92 Å². The van der Waals surface area contributed by atoms with E-state index in [4.69, 9.17) is 9.15 Å². The van der Waals surface area contributed by atoms with Crippen LogP contribution in [-0.2, 0) is 0 Å². The average molecular weight is 261 g/mol. The molecule has 2 rings (SSSR count). The number of hydrogen-bond acceptors (Lipinski definition) is 3. The Bertz CT molecular complexity index is 586. The summed E-state index contributed by atoms with van der Waals surface area (Å²) >= 11 is 0. The monoisotopic (exact) mass is 261 g/mol. The van der Waals surface area contributed by atoms with Gasteiger partial charge in [-0.1, -0.05) is 26.0 Å². The Morgan fingerprint density at radius 1 is 1.32 bits per heavy atom. The van der Waals surface area contributed by atoms with Crippen LogP contribution in [0.15, 0.2) is 28.7 Å². The molecule has 1 aromatic carbocycles. The minimum absolute atomic E-state index is 0.0996. The predicted molar refractivity (Wildman–Crippen MR) is 74.5 cm³/mol. The van der Waals surface area contributed by atoms with E-state index >= 15 is 0 Å². The Morgan fingerprint density at radius 3 is 2.68 bits per heavy atom. The van der Waals surface area contributed by atoms with Gasteiger partial charge in [-0.2, -0.15) is 0 Å². The molecule has 1 atom stereocenters. The number of nitrogens with one attached hydrogen (secondary N) is 1. The standard InChI is InChI=1S/C15H19NO3/c1-9(2)10(3)16-15(17)13-8-11-6-5-7-12(18-4)14(11)19-13/h5-10H,1-4H3,(H,16,17)/t10-/m1/s1. The van der Waals surface area contributed by atoms with Crippen molar-refractivity contribution in [3.8, 4) is 5.75 Å². The average Bonchev–Trinajstić information content (AvgIpc) is 2.82. The van der Waals surface area contributed by atoms with Crippen LogP contribution < -0.4 is 10.1 Å². The largest absolute Gasteiger partial charge is 0.493 e. The van der Waals surface area contributed by atoms with Crippen LogP contribution in [0.5, 0.6) is 5.75 Å². The summed E-state index contributed by atoms with van der Waals surface area (Å²) in [5, 5.41) is 3.78. The minimum atomic E-state index is -0.195. The smallest absolute Gasteiger partial charge is 0.287 e. The molecule has 2 aromatic rings. The zero-order valence-corrected chi connectivity index (χ0v) is 11.7. The Labute approximate surface area is 112 Å². The number of ether oxygens (including phenoxy) is 1. The summed E-state index contributed by atoms with van der Waals surface area (Å²) in [5.41, 5.74) is 0.604. The van der Waals surface area contributed by atoms with Crippen molar-refractivity contribution in [1.29, 1.82) is 0 Å². The van der Waals surface area contributed by atoms with Gasteiger partial charge in [0.15, 0.2) is 17.1 Å². The van der Waals surface area contributed by atoms with Gasteiger partial charge < -0.3 is 14.5 Å². The van der Waals surface area contributed by atoms with Gasteiger partial charge in [-0.25, -0.2) is 0 Å². The van der Waals surface area contributed by atoms with E-state index in [2.05, 4.69) is 19.2 Å². The minimum Gasteiger partial charge on any atom is -0.493 e. The van der Waals surface area contributed by atoms with Crippen molar-refractivity contribution >= 4 is 16.9 Å². The molecule has 102 valence electrons. The van der Waals surface area contributed by atoms with E-state index in [0.717, 1.165) is 5.39 Å². The third-order valence-electron chi connectivity index (χ3n) is 3.31. The maximum absolute atomic E-state index is 12.1. The molecule has 1 amide bonds. The summed E-state index contributed by atoms with van der Waals surface area (Å²) < 4.78 is 10.8. The van der Waals surface area contributed by atoms with Crippen molar-refractivity contribution in [1.82, 2.24) is 5.32 Å². The number of rotatable bonds is 4. The van der Waals surface area contributed by atoms with Crippen LogP contribution in [0, 0.1) is 5.92 Å². The molecule has 4 heteroatoms. The fourth-order valence-corrected chi connectivity index (χ4v) is 1.75. The molecule has 1 aromatic heterocycles. The molecule has 0 bridgehead atoms. The highest BCUT2D eigenvalue weighted by Gasteiger charge is 2.17. The lowest BCUT2D eigenvalue weighted by atomic mass is 10.1. The first-order valence-electron chi connectivity index (χ1n) is 6.40. The maximum Gasteiger partial charge on any atom is 0.287 e. The van der Waals surface area contributed by atoms with Crippen molar-refractivity contribution in [3.05, 3.63) is 30.0 Å². The molecular weight excluding hydrogens is 242 g/mol. The molecular formula is C15H19NO3. The number of hydrogen-bond donors (Lipinski definition) is 1. The quantitative estimate of drug-likeness (QED) is 0.919. The van der Waals surface area contributed by atoms with E-state index in [0.29, 0.717) is 23.0 Å². The zero-order valence-electron chi connectivity index (χ0n) is 11.7. The molecule has 0 spiro atoms. The van der Waals surface area contributed by atoms with Crippen LogP contribution in [0.3, 0.4) is 0 Å². The van der Waals surface area contributed by atoms with Gasteiger partial charge in [0.2, 0.25) is 0 Å². The summed E-state index contributed by atoms with van der Waals surface area (Å²) in [7, 11) is 1.58. The molecule has 0 fully saturated rings. The summed E-state index contributed by atoms with van der Waals surface area (Å²) in [6, 6.07) is 7.41. The van der Waals surface area contributed by atoms with Crippen LogP contribution in [0.1, 0.15) is 31.3 Å². The molecule has 1 heterocycles. The second kappa shape index (κ2) is 5.34. The number of furan rings is 1. The van der Waals surface area contributed by atoms with Crippen molar-refractivity contribution in [2.75, 3.05) is 7.11 Å². The van der Waals surface area contributed by atoms with Gasteiger partial charge in [0, 0.05) is 11.4 Å². The second-order valence-corrected chi connectivity index (χ2v) is 5.00. The second-order valence-electron chi connectivity index (χ2n) is 5.00. The third-order valence-corrected chi connectivity index (χ3v) is 3.31. The third kappa shape index (κ3) is 2.72. The van der Waals surface area contributed by atoms with E-state index < -0.39 is 0 Å². The molecule has 1 N–H and O–H groups in total. The number of para-hydroxylation sites is 1. The lowest BCUT2D eigenvalue weighted by Gasteiger charge is -2.16. The van der Waals surface area contributed by atoms with Crippen LogP contribution in [0.25, 0.3) is 11.0 Å². The molecule has 19 heavy (non-hydrogen) atoms. The Balaban J connectivity index is 2.28. The molecule has 0 saturated heterocycles. The van der Waals surface area contributed by atoms with Gasteiger partial charge in [0.05, 0.1) is 7.11 Å². The maximum atomic E-state index is 12.1. The first-order chi connectivity index (χ1) is 9.02. The van der Waals surface area contributed by atoms with Crippen molar-refractivity contribution < 1.29 is 13.9 Å². The molecule has 0 unspecified atom stereocenters. The van der Waals surface area contributed by atoms with Gasteiger partial charge in [0.1, 0.15) is 0 Å². The van der Waals surface area contributed by atoms with Gasteiger partial charge in [-0.15, -0.1) is 0 Å². The fourth-order valence-electron chi connectivity index (χ4n) is 1.75. The summed E-state index contributed by atoms with van der Waals surface area (Å²) in [5.74, 6) is 1.13. The number of benzene rings is 1. The molecule has 4 nitrogen and oxygen atoms in total. The first-order valence-corrected chi connectivity index (χ1v) is 6.40. The van der Waals surface area contributed by atoms with E-state index in [1.165, 1.54) is 0 Å². The lowest BCUT2D eigenvalue weighted by molar-refractivity contribution is 0.0904. The Hall–Kier alpha value is -1.97. The molecule has 0 aliphatic carbocycles. The van der Waals surface area contributed by atoms with E-state index in [1.54, 1.807) is 13.2 Å². The van der Waals surface area contributed by atoms with Crippen molar-refractivity contribution in [2.45, 2.75) is 26.8 Å². The van der Waals surface area contributed by atoms with Gasteiger partial charge in [-0.3, -0.25) is 4.79 Å². The highest BCUT2D eigenvalue weighted by Crippen LogP contribution is 2.28. The first kappa shape index (κ1) is 13.5. The highest BCUT2D eigenvalue weighted by atomic mass is 16.5. The number of carbonyl (C=O) groups is 1. The summed E-state index contributed by atoms with van der Waals surface area (Å²) in [6.45, 7) is 6.10. The SMILES string of the molecule is COc1cccc2cc(C(=O)N[C@H](C)C(C)C)oc12. The summed E-state index contributed by atoms with van der Waals surface area (Å²) in [6.07, 6.45) is 0. The van der Waals surface area contributed by atoms with Crippen LogP contribution >= 0.6 is 0 Å². The number of methoxy groups -OCH3 is 1. The van der Waals surface area contributed by atoms with Gasteiger partial charge in [0.25, 0.3) is 5.91 Å². The number of carbonyl (C=O) groups excluding carboxylic acids is 1. The van der Waals surface area contributed by atoms with E-state index in [-0.39, 0.29) is 11.9 Å². The van der Waals surface area contributed by atoms with Crippen LogP contribution in [0.4, 0.5) is 0 Å². The Kier molecular flexibility index (Phi) is 3.79. The van der Waals surface area contributed by atoms with Gasteiger partial charge >= 0.3 is 0 Å². The zero-order chi connectivity index (χ0) is 14.0. The molecule has 0 radical (unpaired) electrons. The lowest BCUT2D eigenvalue weighted by Crippen LogP contribution is -2.35. The predicted octanol–water partition coefficient (Wildman–Crippen LogP) is 3.22. The van der Waals surface area contributed by atoms with Crippen LogP contribution in [-0.4, -0.2) is 19.1 Å². The number of fused-ring (bicyclic) bond motifs is 1. The van der Waals surface area contributed by atoms with Crippen molar-refractivity contribution in [3.63, 3.8) is 0 Å². The molecule has 0 aliphatic rings. The van der Waals surface area contributed by atoms with Crippen LogP contribution in [0.2, 0.25) is 0 Å². The van der Waals surface area contributed by atoms with E-state index in [9.17, 15) is 4.79 Å². The van der Waals surface area contributed by atoms with Gasteiger partial charge in [-0.05, 0) is 25.0 Å². The fraction of sp³-hybridized carbons (Fsp3) is 0.400. The highest BCUT2D eigenvalue weighted by molar-refractivity contribution is 5.97. The topological polar surface area (TPSA) is 51.5 Å². The summed E-state index contributed by atoms with van der Waals surface area (Å²) in [4.78, 5) is 12.1. The number of amides is 1. The normalized spacial score (nSPS) is 12.7. The van der Waals surface area contributed by atoms with E-state index in [1.807, 2.05) is 25.1 Å². The molecule has 0 saturated carbocycles.